The third-order valence-electron chi connectivity index (χ3n) is 2.38. The van der Waals surface area contributed by atoms with Crippen LogP contribution in [0.3, 0.4) is 0 Å². The van der Waals surface area contributed by atoms with E-state index in [9.17, 15) is 4.79 Å². The largest absolute Gasteiger partial charge is 0.462 e. The molecule has 0 fully saturated rings. The predicted molar refractivity (Wildman–Crippen MR) is 60.6 cm³/mol. The van der Waals surface area contributed by atoms with Gasteiger partial charge < -0.3 is 10.5 Å². The SMILES string of the molecule is CC[C@H](C)COC(=O)c1ccccc1N. The Balaban J connectivity index is 2.58. The third kappa shape index (κ3) is 3.27. The number of hydrogen-bond donors (Lipinski definition) is 1. The molecule has 0 aliphatic carbocycles. The molecular weight excluding hydrogens is 190 g/mol. The molecule has 1 aromatic rings. The van der Waals surface area contributed by atoms with Crippen molar-refractivity contribution >= 4 is 11.7 Å². The van der Waals surface area contributed by atoms with Crippen molar-refractivity contribution < 1.29 is 9.53 Å². The number of carbonyl (C=O) groups is 1. The van der Waals surface area contributed by atoms with Crippen LogP contribution in [0.4, 0.5) is 5.69 Å². The van der Waals surface area contributed by atoms with Crippen molar-refractivity contribution in [1.82, 2.24) is 0 Å². The summed E-state index contributed by atoms with van der Waals surface area (Å²) in [4.78, 5) is 11.6. The summed E-state index contributed by atoms with van der Waals surface area (Å²) in [6.45, 7) is 4.56. The van der Waals surface area contributed by atoms with Gasteiger partial charge in [-0.2, -0.15) is 0 Å². The van der Waals surface area contributed by atoms with E-state index >= 15 is 0 Å². The van der Waals surface area contributed by atoms with E-state index in [1.807, 2.05) is 6.92 Å². The standard InChI is InChI=1S/C12H17NO2/c1-3-9(2)8-15-12(14)10-6-4-5-7-11(10)13/h4-7,9H,3,8,13H2,1-2H3/t9-/m0/s1. The molecule has 2 N–H and O–H groups in total. The maximum atomic E-state index is 11.6. The van der Waals surface area contributed by atoms with Crippen molar-refractivity contribution in [3.63, 3.8) is 0 Å². The summed E-state index contributed by atoms with van der Waals surface area (Å²) in [6.07, 6.45) is 0.998. The summed E-state index contributed by atoms with van der Waals surface area (Å²) in [5.74, 6) is 0.0484. The van der Waals surface area contributed by atoms with Crippen molar-refractivity contribution in [1.29, 1.82) is 0 Å². The van der Waals surface area contributed by atoms with E-state index in [0.717, 1.165) is 6.42 Å². The molecular formula is C12H17NO2. The molecule has 15 heavy (non-hydrogen) atoms. The number of ether oxygens (including phenoxy) is 1. The molecule has 3 nitrogen and oxygen atoms in total. The quantitative estimate of drug-likeness (QED) is 0.609. The number of benzene rings is 1. The fourth-order valence-corrected chi connectivity index (χ4v) is 1.10. The van der Waals surface area contributed by atoms with E-state index < -0.39 is 0 Å². The Morgan fingerprint density at radius 1 is 1.47 bits per heavy atom. The van der Waals surface area contributed by atoms with E-state index in [4.69, 9.17) is 10.5 Å². The Morgan fingerprint density at radius 2 is 2.13 bits per heavy atom. The van der Waals surface area contributed by atoms with Gasteiger partial charge in [-0.25, -0.2) is 4.79 Å². The third-order valence-corrected chi connectivity index (χ3v) is 2.38. The first-order valence-corrected chi connectivity index (χ1v) is 5.16. The molecule has 1 rings (SSSR count). The monoisotopic (exact) mass is 207 g/mol. The van der Waals surface area contributed by atoms with Crippen molar-refractivity contribution in [3.05, 3.63) is 29.8 Å². The number of nitrogen functional groups attached to an aromatic ring is 1. The van der Waals surface area contributed by atoms with Gasteiger partial charge in [0.05, 0.1) is 12.2 Å². The first-order chi connectivity index (χ1) is 7.15. The molecule has 0 aliphatic rings. The number of hydrogen-bond acceptors (Lipinski definition) is 3. The van der Waals surface area contributed by atoms with Gasteiger partial charge in [0, 0.05) is 5.69 Å². The maximum Gasteiger partial charge on any atom is 0.340 e. The van der Waals surface area contributed by atoms with Gasteiger partial charge in [0.1, 0.15) is 0 Å². The number of anilines is 1. The molecule has 82 valence electrons. The second kappa shape index (κ2) is 5.39. The number of carbonyl (C=O) groups excluding carboxylic acids is 1. The van der Waals surface area contributed by atoms with E-state index in [2.05, 4.69) is 6.92 Å². The van der Waals surface area contributed by atoms with Crippen LogP contribution in [0.25, 0.3) is 0 Å². The Morgan fingerprint density at radius 3 is 2.73 bits per heavy atom. The van der Waals surface area contributed by atoms with Gasteiger partial charge in [0.25, 0.3) is 0 Å². The van der Waals surface area contributed by atoms with Gasteiger partial charge >= 0.3 is 5.97 Å². The highest BCUT2D eigenvalue weighted by molar-refractivity contribution is 5.94. The van der Waals surface area contributed by atoms with Crippen LogP contribution in [0.15, 0.2) is 24.3 Å². The Labute approximate surface area is 90.2 Å². The Bertz CT molecular complexity index is 336. The summed E-state index contributed by atoms with van der Waals surface area (Å²) >= 11 is 0. The van der Waals surface area contributed by atoms with Crippen LogP contribution in [0.2, 0.25) is 0 Å². The number of para-hydroxylation sites is 1. The number of esters is 1. The van der Waals surface area contributed by atoms with E-state index in [1.165, 1.54) is 0 Å². The van der Waals surface area contributed by atoms with Crippen LogP contribution in [0.5, 0.6) is 0 Å². The zero-order valence-corrected chi connectivity index (χ0v) is 9.19. The lowest BCUT2D eigenvalue weighted by molar-refractivity contribution is 0.0448. The fraction of sp³-hybridized carbons (Fsp3) is 0.417. The Kier molecular flexibility index (Phi) is 4.16. The number of nitrogens with two attached hydrogens (primary N) is 1. The van der Waals surface area contributed by atoms with Gasteiger partial charge in [-0.05, 0) is 18.1 Å². The minimum Gasteiger partial charge on any atom is -0.462 e. The van der Waals surface area contributed by atoms with Crippen LogP contribution < -0.4 is 5.73 Å². The highest BCUT2D eigenvalue weighted by Gasteiger charge is 2.11. The lowest BCUT2D eigenvalue weighted by Crippen LogP contribution is -2.13. The van der Waals surface area contributed by atoms with Crippen molar-refractivity contribution in [2.45, 2.75) is 20.3 Å². The van der Waals surface area contributed by atoms with Crippen LogP contribution in [-0.2, 0) is 4.74 Å². The smallest absolute Gasteiger partial charge is 0.340 e. The molecule has 0 saturated heterocycles. The molecule has 0 saturated carbocycles. The van der Waals surface area contributed by atoms with Gasteiger partial charge in [0.2, 0.25) is 0 Å². The molecule has 0 heterocycles. The molecule has 1 atom stereocenters. The lowest BCUT2D eigenvalue weighted by atomic mass is 10.1. The van der Waals surface area contributed by atoms with Gasteiger partial charge in [-0.3, -0.25) is 0 Å². The minimum atomic E-state index is -0.339. The normalized spacial score (nSPS) is 12.1. The second-order valence-corrected chi connectivity index (χ2v) is 3.70. The van der Waals surface area contributed by atoms with Crippen LogP contribution in [0, 0.1) is 5.92 Å². The van der Waals surface area contributed by atoms with Gasteiger partial charge in [0.15, 0.2) is 0 Å². The molecule has 3 heteroatoms. The zero-order chi connectivity index (χ0) is 11.3. The zero-order valence-electron chi connectivity index (χ0n) is 9.19. The number of rotatable bonds is 4. The van der Waals surface area contributed by atoms with Crippen molar-refractivity contribution in [2.75, 3.05) is 12.3 Å². The molecule has 1 aromatic carbocycles. The molecule has 0 unspecified atom stereocenters. The molecule has 0 radical (unpaired) electrons. The topological polar surface area (TPSA) is 52.3 Å². The predicted octanol–water partition coefficient (Wildman–Crippen LogP) is 2.47. The average Bonchev–Trinajstić information content (AvgIpc) is 2.26. The first-order valence-electron chi connectivity index (χ1n) is 5.16. The summed E-state index contributed by atoms with van der Waals surface area (Å²) in [5.41, 5.74) is 6.57. The van der Waals surface area contributed by atoms with Crippen molar-refractivity contribution in [2.24, 2.45) is 5.92 Å². The minimum absolute atomic E-state index is 0.339. The van der Waals surface area contributed by atoms with Crippen LogP contribution >= 0.6 is 0 Å². The van der Waals surface area contributed by atoms with E-state index in [1.54, 1.807) is 24.3 Å². The molecule has 0 aromatic heterocycles. The first kappa shape index (κ1) is 11.6. The van der Waals surface area contributed by atoms with Crippen molar-refractivity contribution in [3.8, 4) is 0 Å². The van der Waals surface area contributed by atoms with Crippen LogP contribution in [0.1, 0.15) is 30.6 Å². The molecule has 0 spiro atoms. The highest BCUT2D eigenvalue weighted by Crippen LogP contribution is 2.12. The Hall–Kier alpha value is -1.51. The van der Waals surface area contributed by atoms with Crippen LogP contribution in [-0.4, -0.2) is 12.6 Å². The highest BCUT2D eigenvalue weighted by atomic mass is 16.5. The molecule has 0 amide bonds. The summed E-state index contributed by atoms with van der Waals surface area (Å²) < 4.78 is 5.14. The van der Waals surface area contributed by atoms with Gasteiger partial charge in [-0.15, -0.1) is 0 Å². The summed E-state index contributed by atoms with van der Waals surface area (Å²) in [5, 5.41) is 0. The average molecular weight is 207 g/mol. The van der Waals surface area contributed by atoms with E-state index in [0.29, 0.717) is 23.8 Å². The summed E-state index contributed by atoms with van der Waals surface area (Å²) in [6, 6.07) is 6.94. The van der Waals surface area contributed by atoms with Gasteiger partial charge in [-0.1, -0.05) is 32.4 Å². The molecule has 0 bridgehead atoms. The lowest BCUT2D eigenvalue weighted by Gasteiger charge is -2.10. The second-order valence-electron chi connectivity index (χ2n) is 3.70. The molecule has 0 aliphatic heterocycles. The summed E-state index contributed by atoms with van der Waals surface area (Å²) in [7, 11) is 0. The van der Waals surface area contributed by atoms with E-state index in [-0.39, 0.29) is 5.97 Å². The maximum absolute atomic E-state index is 11.6. The fourth-order valence-electron chi connectivity index (χ4n) is 1.10.